The van der Waals surface area contributed by atoms with E-state index in [1.54, 1.807) is 25.4 Å². The number of aromatic amines is 2. The maximum atomic E-state index is 12.9. The van der Waals surface area contributed by atoms with E-state index in [1.165, 1.54) is 25.3 Å². The molecule has 13 nitrogen and oxygen atoms in total. The van der Waals surface area contributed by atoms with Crippen LogP contribution in [0.4, 0.5) is 0 Å². The lowest BCUT2D eigenvalue weighted by Crippen LogP contribution is -2.35. The van der Waals surface area contributed by atoms with Crippen LogP contribution in [0.3, 0.4) is 0 Å². The molecule has 0 radical (unpaired) electrons. The number of hydrogen-bond donors (Lipinski definition) is 4. The first-order valence-electron chi connectivity index (χ1n) is 21.0. The van der Waals surface area contributed by atoms with Gasteiger partial charge in [0.2, 0.25) is 0 Å². The lowest BCUT2D eigenvalue weighted by molar-refractivity contribution is 0.0592. The Balaban J connectivity index is 0.000000203. The molecule has 0 bridgehead atoms. The van der Waals surface area contributed by atoms with Crippen LogP contribution in [0.2, 0.25) is 0 Å². The molecular formula is C47H57N7O6. The van der Waals surface area contributed by atoms with Crippen LogP contribution in [0.1, 0.15) is 92.6 Å². The highest BCUT2D eigenvalue weighted by molar-refractivity contribution is 6.06. The van der Waals surface area contributed by atoms with Gasteiger partial charge in [-0.25, -0.2) is 9.59 Å². The van der Waals surface area contributed by atoms with Crippen molar-refractivity contribution in [1.29, 1.82) is 0 Å². The van der Waals surface area contributed by atoms with Gasteiger partial charge in [0.15, 0.2) is 0 Å². The molecule has 0 aliphatic carbocycles. The monoisotopic (exact) mass is 815 g/mol. The number of aromatic nitrogens is 3. The molecule has 1 amide bonds. The number of nitrogens with two attached hydrogens (primary N) is 1. The predicted octanol–water partition coefficient (Wildman–Crippen LogP) is 6.99. The summed E-state index contributed by atoms with van der Waals surface area (Å²) in [5.74, 6) is 1.02. The number of likely N-dealkylation sites (tertiary alicyclic amines) is 2. The third-order valence-corrected chi connectivity index (χ3v) is 12.1. The van der Waals surface area contributed by atoms with Crippen LogP contribution < -0.4 is 15.8 Å². The predicted molar refractivity (Wildman–Crippen MR) is 235 cm³/mol. The maximum absolute atomic E-state index is 12.9. The van der Waals surface area contributed by atoms with Gasteiger partial charge >= 0.3 is 11.9 Å². The number of nitrogens with one attached hydrogen (secondary N) is 3. The minimum Gasteiger partial charge on any atom is -0.497 e. The van der Waals surface area contributed by atoms with Crippen molar-refractivity contribution >= 4 is 50.6 Å². The van der Waals surface area contributed by atoms with E-state index in [2.05, 4.69) is 42.5 Å². The fourth-order valence-corrected chi connectivity index (χ4v) is 8.75. The van der Waals surface area contributed by atoms with Crippen molar-refractivity contribution in [3.05, 3.63) is 107 Å². The smallest absolute Gasteiger partial charge is 0.337 e. The Morgan fingerprint density at radius 1 is 0.717 bits per heavy atom. The quantitative estimate of drug-likeness (QED) is 0.0705. The second kappa shape index (κ2) is 20.0. The Morgan fingerprint density at radius 2 is 1.27 bits per heavy atom. The van der Waals surface area contributed by atoms with Gasteiger partial charge < -0.3 is 45.0 Å². The summed E-state index contributed by atoms with van der Waals surface area (Å²) in [5.41, 5.74) is 12.9. The molecule has 2 aliphatic rings. The first-order chi connectivity index (χ1) is 29.3. The van der Waals surface area contributed by atoms with Crippen molar-refractivity contribution < 1.29 is 28.6 Å². The first kappa shape index (κ1) is 42.4. The number of nitrogens with zero attached hydrogens (tertiary/aromatic N) is 3. The Morgan fingerprint density at radius 3 is 1.78 bits per heavy atom. The number of carbonyl (C=O) groups excluding carboxylic acids is 3. The molecule has 2 saturated heterocycles. The summed E-state index contributed by atoms with van der Waals surface area (Å²) in [6.45, 7) is 7.68. The Bertz CT molecular complexity index is 2410. The highest BCUT2D eigenvalue weighted by atomic mass is 16.5. The molecule has 0 unspecified atom stereocenters. The van der Waals surface area contributed by atoms with Crippen LogP contribution in [-0.4, -0.2) is 116 Å². The van der Waals surface area contributed by atoms with Crippen molar-refractivity contribution in [1.82, 2.24) is 30.1 Å². The number of methoxy groups -OCH3 is 3. The standard InChI is InChI=1S/C29H32N4O4.C18H25N3O2/c1-36-21-5-7-26-24(17-21)22(8-12-30-26)28(34)31-11-3-13-33-14-9-19(10-15-33)25-18-32-27-6-4-20(16-23(25)27)29(35)37-2;1-23-18(22)14-3-4-17-15(11-14)16(12-20-17)13-5-9-21(10-6-13)8-2-7-19/h4-8,12,16-19,32H,3,9-11,13-15H2,1-2H3,(H,31,34);3-4,11-13,20H,2,5-10,19H2,1H3. The van der Waals surface area contributed by atoms with Gasteiger partial charge in [-0.05, 0) is 168 Å². The molecule has 0 spiro atoms. The lowest BCUT2D eigenvalue weighted by Gasteiger charge is -2.32. The van der Waals surface area contributed by atoms with Gasteiger partial charge in [-0.1, -0.05) is 0 Å². The number of benzene rings is 3. The number of amides is 1. The molecule has 0 saturated carbocycles. The molecule has 5 N–H and O–H groups in total. The molecule has 3 aromatic heterocycles. The molecule has 8 rings (SSSR count). The Hall–Kier alpha value is -5.76. The third-order valence-electron chi connectivity index (χ3n) is 12.1. The van der Waals surface area contributed by atoms with Gasteiger partial charge in [0.25, 0.3) is 5.91 Å². The number of esters is 2. The van der Waals surface area contributed by atoms with E-state index in [9.17, 15) is 14.4 Å². The van der Waals surface area contributed by atoms with Gasteiger partial charge in [0.1, 0.15) is 5.75 Å². The second-order valence-electron chi connectivity index (χ2n) is 15.7. The zero-order chi connectivity index (χ0) is 42.0. The van der Waals surface area contributed by atoms with Crippen LogP contribution in [0.15, 0.2) is 79.3 Å². The highest BCUT2D eigenvalue weighted by Crippen LogP contribution is 2.35. The average molecular weight is 816 g/mol. The molecule has 5 heterocycles. The number of fused-ring (bicyclic) bond motifs is 3. The molecular weight excluding hydrogens is 759 g/mol. The van der Waals surface area contributed by atoms with E-state index in [1.807, 2.05) is 48.5 Å². The van der Waals surface area contributed by atoms with Gasteiger partial charge in [-0.3, -0.25) is 9.78 Å². The molecule has 6 aromatic rings. The lowest BCUT2D eigenvalue weighted by atomic mass is 9.89. The normalized spacial score (nSPS) is 15.5. The summed E-state index contributed by atoms with van der Waals surface area (Å²) in [5, 5.41) is 6.10. The number of rotatable bonds is 13. The summed E-state index contributed by atoms with van der Waals surface area (Å²) < 4.78 is 15.0. The Kier molecular flexibility index (Phi) is 14.1. The number of ether oxygens (including phenoxy) is 3. The first-order valence-corrected chi connectivity index (χ1v) is 21.0. The van der Waals surface area contributed by atoms with Crippen LogP contribution in [-0.2, 0) is 9.47 Å². The van der Waals surface area contributed by atoms with Crippen molar-refractivity contribution in [2.45, 2.75) is 50.4 Å². The summed E-state index contributed by atoms with van der Waals surface area (Å²) in [6, 6.07) is 18.7. The SMILES string of the molecule is COC(=O)c1ccc2[nH]cc(C3CCN(CCCN)CC3)c2c1.COC(=O)c1ccc2[nH]cc(C3CCN(CCCNC(=O)c4ccnc5ccc(OC)cc45)CC3)c2c1. The number of hydrogen-bond acceptors (Lipinski definition) is 10. The highest BCUT2D eigenvalue weighted by Gasteiger charge is 2.25. The van der Waals surface area contributed by atoms with Gasteiger partial charge in [-0.2, -0.15) is 0 Å². The summed E-state index contributed by atoms with van der Waals surface area (Å²) >= 11 is 0. The van der Waals surface area contributed by atoms with Crippen LogP contribution >= 0.6 is 0 Å². The van der Waals surface area contributed by atoms with E-state index in [0.717, 1.165) is 117 Å². The zero-order valence-corrected chi connectivity index (χ0v) is 34.9. The van der Waals surface area contributed by atoms with E-state index < -0.39 is 0 Å². The van der Waals surface area contributed by atoms with Gasteiger partial charge in [0, 0.05) is 52.3 Å². The largest absolute Gasteiger partial charge is 0.497 e. The minimum absolute atomic E-state index is 0.0926. The fraction of sp³-hybridized carbons (Fsp3) is 0.404. The Labute approximate surface area is 350 Å². The number of pyridine rings is 1. The van der Waals surface area contributed by atoms with E-state index >= 15 is 0 Å². The number of piperidine rings is 2. The summed E-state index contributed by atoms with van der Waals surface area (Å²) in [7, 11) is 4.44. The van der Waals surface area contributed by atoms with E-state index in [-0.39, 0.29) is 17.8 Å². The molecule has 3 aromatic carbocycles. The molecule has 316 valence electrons. The minimum atomic E-state index is -0.312. The fourth-order valence-electron chi connectivity index (χ4n) is 8.75. The second-order valence-corrected chi connectivity index (χ2v) is 15.7. The van der Waals surface area contributed by atoms with Crippen LogP contribution in [0.5, 0.6) is 5.75 Å². The maximum Gasteiger partial charge on any atom is 0.337 e. The van der Waals surface area contributed by atoms with Crippen LogP contribution in [0, 0.1) is 0 Å². The van der Waals surface area contributed by atoms with Crippen molar-refractivity contribution in [3.8, 4) is 5.75 Å². The summed E-state index contributed by atoms with van der Waals surface area (Å²) in [6.07, 6.45) is 12.2. The molecule has 2 fully saturated rings. The van der Waals surface area contributed by atoms with Crippen molar-refractivity contribution in [3.63, 3.8) is 0 Å². The van der Waals surface area contributed by atoms with Gasteiger partial charge in [-0.15, -0.1) is 0 Å². The molecule has 60 heavy (non-hydrogen) atoms. The summed E-state index contributed by atoms with van der Waals surface area (Å²) in [4.78, 5) is 52.6. The van der Waals surface area contributed by atoms with Crippen molar-refractivity contribution in [2.24, 2.45) is 5.73 Å². The van der Waals surface area contributed by atoms with Crippen molar-refractivity contribution in [2.75, 3.05) is 73.7 Å². The number of H-pyrrole nitrogens is 2. The molecule has 0 atom stereocenters. The average Bonchev–Trinajstić information content (AvgIpc) is 3.93. The third kappa shape index (κ3) is 9.81. The van der Waals surface area contributed by atoms with E-state index in [0.29, 0.717) is 40.8 Å². The topological polar surface area (TPSA) is 168 Å². The molecule has 13 heteroatoms. The van der Waals surface area contributed by atoms with Crippen LogP contribution in [0.25, 0.3) is 32.7 Å². The van der Waals surface area contributed by atoms with Gasteiger partial charge in [0.05, 0.1) is 43.5 Å². The van der Waals surface area contributed by atoms with E-state index in [4.69, 9.17) is 19.9 Å². The molecule has 2 aliphatic heterocycles. The zero-order valence-electron chi connectivity index (χ0n) is 34.9. The number of carbonyl (C=O) groups is 3.